The standard InChI is InChI=1S/C20H19NO4S/c1-13-10-11-18(14(2)12-13)26(23,24)20(19(21)22)25-17-9-5-7-15-6-3-4-8-16(15)17/h3-12,20H,1-2H3,(H2,21,22). The molecule has 0 aromatic heterocycles. The second-order valence-electron chi connectivity index (χ2n) is 6.14. The van der Waals surface area contributed by atoms with Gasteiger partial charge in [0.05, 0.1) is 4.90 Å². The smallest absolute Gasteiger partial charge is 0.280 e. The van der Waals surface area contributed by atoms with E-state index in [1.54, 1.807) is 37.3 Å². The van der Waals surface area contributed by atoms with Gasteiger partial charge in [0.2, 0.25) is 9.84 Å². The molecule has 3 rings (SSSR count). The fourth-order valence-electron chi connectivity index (χ4n) is 2.92. The SMILES string of the molecule is Cc1ccc(S(=O)(=O)C(Oc2cccc3ccccc23)C(N)=O)c(C)c1. The summed E-state index contributed by atoms with van der Waals surface area (Å²) < 4.78 is 31.7. The number of aryl methyl sites for hydroxylation is 2. The monoisotopic (exact) mass is 369 g/mol. The highest BCUT2D eigenvalue weighted by molar-refractivity contribution is 7.92. The average Bonchev–Trinajstić information content (AvgIpc) is 2.58. The maximum atomic E-state index is 13.0. The van der Waals surface area contributed by atoms with Crippen LogP contribution in [-0.4, -0.2) is 19.8 Å². The van der Waals surface area contributed by atoms with Crippen LogP contribution in [0.2, 0.25) is 0 Å². The van der Waals surface area contributed by atoms with E-state index < -0.39 is 21.2 Å². The summed E-state index contributed by atoms with van der Waals surface area (Å²) in [5.74, 6) is -0.766. The molecule has 0 aliphatic rings. The maximum Gasteiger partial charge on any atom is 0.280 e. The Morgan fingerprint density at radius 1 is 1.00 bits per heavy atom. The summed E-state index contributed by atoms with van der Waals surface area (Å²) in [7, 11) is -4.11. The molecule has 1 atom stereocenters. The van der Waals surface area contributed by atoms with Crippen molar-refractivity contribution in [3.05, 3.63) is 71.8 Å². The van der Waals surface area contributed by atoms with E-state index in [-0.39, 0.29) is 4.90 Å². The zero-order valence-electron chi connectivity index (χ0n) is 14.5. The van der Waals surface area contributed by atoms with Gasteiger partial charge in [-0.15, -0.1) is 0 Å². The quantitative estimate of drug-likeness (QED) is 0.749. The predicted molar refractivity (Wildman–Crippen MR) is 101 cm³/mol. The zero-order chi connectivity index (χ0) is 18.9. The molecule has 3 aromatic carbocycles. The van der Waals surface area contributed by atoms with Crippen molar-refractivity contribution in [2.24, 2.45) is 5.73 Å². The van der Waals surface area contributed by atoms with Gasteiger partial charge in [0.1, 0.15) is 5.75 Å². The summed E-state index contributed by atoms with van der Waals surface area (Å²) in [6.45, 7) is 3.54. The minimum atomic E-state index is -4.11. The number of carbonyl (C=O) groups is 1. The maximum absolute atomic E-state index is 13.0. The number of amides is 1. The topological polar surface area (TPSA) is 86.5 Å². The molecule has 0 bridgehead atoms. The van der Waals surface area contributed by atoms with Crippen molar-refractivity contribution >= 4 is 26.5 Å². The second-order valence-corrected chi connectivity index (χ2v) is 8.10. The van der Waals surface area contributed by atoms with Crippen LogP contribution in [0.15, 0.2) is 65.6 Å². The third-order valence-electron chi connectivity index (χ3n) is 4.13. The summed E-state index contributed by atoms with van der Waals surface area (Å²) in [5.41, 5.74) is 5.04. The Balaban J connectivity index is 2.08. The van der Waals surface area contributed by atoms with Gasteiger partial charge in [0.25, 0.3) is 11.3 Å². The number of nitrogens with two attached hydrogens (primary N) is 1. The number of rotatable bonds is 5. The molecule has 2 N–H and O–H groups in total. The van der Waals surface area contributed by atoms with E-state index >= 15 is 0 Å². The average molecular weight is 369 g/mol. The van der Waals surface area contributed by atoms with Crippen LogP contribution in [0.1, 0.15) is 11.1 Å². The number of sulfone groups is 1. The molecule has 0 radical (unpaired) electrons. The van der Waals surface area contributed by atoms with E-state index in [1.165, 1.54) is 6.07 Å². The van der Waals surface area contributed by atoms with Crippen LogP contribution < -0.4 is 10.5 Å². The summed E-state index contributed by atoms with van der Waals surface area (Å²) in [4.78, 5) is 12.0. The zero-order valence-corrected chi connectivity index (χ0v) is 15.3. The molecule has 0 spiro atoms. The molecule has 0 aliphatic carbocycles. The van der Waals surface area contributed by atoms with E-state index in [0.717, 1.165) is 10.9 Å². The van der Waals surface area contributed by atoms with Gasteiger partial charge in [-0.1, -0.05) is 54.1 Å². The van der Waals surface area contributed by atoms with E-state index in [1.807, 2.05) is 31.2 Å². The third kappa shape index (κ3) is 3.28. The van der Waals surface area contributed by atoms with Crippen molar-refractivity contribution in [2.45, 2.75) is 24.2 Å². The predicted octanol–water partition coefficient (Wildman–Crippen LogP) is 3.12. The van der Waals surface area contributed by atoms with Crippen LogP contribution in [0.3, 0.4) is 0 Å². The Bertz CT molecular complexity index is 1080. The molecule has 1 amide bonds. The van der Waals surface area contributed by atoms with Gasteiger partial charge in [-0.3, -0.25) is 4.79 Å². The lowest BCUT2D eigenvalue weighted by Gasteiger charge is -2.19. The summed E-state index contributed by atoms with van der Waals surface area (Å²) in [5, 5.41) is 1.58. The molecule has 1 unspecified atom stereocenters. The van der Waals surface area contributed by atoms with Crippen LogP contribution in [0, 0.1) is 13.8 Å². The first kappa shape index (κ1) is 17.9. The van der Waals surface area contributed by atoms with Crippen molar-refractivity contribution in [3.8, 4) is 5.75 Å². The minimum Gasteiger partial charge on any atom is -0.463 e. The molecule has 0 saturated heterocycles. The molecular weight excluding hydrogens is 350 g/mol. The first-order valence-corrected chi connectivity index (χ1v) is 9.60. The highest BCUT2D eigenvalue weighted by Crippen LogP contribution is 2.29. The van der Waals surface area contributed by atoms with Gasteiger partial charge >= 0.3 is 0 Å². The molecule has 0 aliphatic heterocycles. The van der Waals surface area contributed by atoms with Gasteiger partial charge in [-0.2, -0.15) is 0 Å². The van der Waals surface area contributed by atoms with Gasteiger partial charge in [0, 0.05) is 5.39 Å². The summed E-state index contributed by atoms with van der Waals surface area (Å²) >= 11 is 0. The molecule has 3 aromatic rings. The molecule has 0 saturated carbocycles. The second kappa shape index (κ2) is 6.80. The largest absolute Gasteiger partial charge is 0.463 e. The lowest BCUT2D eigenvalue weighted by atomic mass is 10.1. The first-order valence-electron chi connectivity index (χ1n) is 8.05. The van der Waals surface area contributed by atoms with Crippen LogP contribution in [0.4, 0.5) is 0 Å². The lowest BCUT2D eigenvalue weighted by molar-refractivity contribution is -0.121. The number of benzene rings is 3. The van der Waals surface area contributed by atoms with E-state index in [4.69, 9.17) is 10.5 Å². The number of ether oxygens (including phenoxy) is 1. The summed E-state index contributed by atoms with van der Waals surface area (Å²) in [6.07, 6.45) is 0. The highest BCUT2D eigenvalue weighted by Gasteiger charge is 2.36. The van der Waals surface area contributed by atoms with Gasteiger partial charge in [-0.25, -0.2) is 8.42 Å². The lowest BCUT2D eigenvalue weighted by Crippen LogP contribution is -2.40. The van der Waals surface area contributed by atoms with Gasteiger partial charge < -0.3 is 10.5 Å². The van der Waals surface area contributed by atoms with Crippen LogP contribution in [0.5, 0.6) is 5.75 Å². The number of hydrogen-bond donors (Lipinski definition) is 1. The van der Waals surface area contributed by atoms with E-state index in [2.05, 4.69) is 0 Å². The number of hydrogen-bond acceptors (Lipinski definition) is 4. The van der Waals surface area contributed by atoms with Crippen molar-refractivity contribution < 1.29 is 17.9 Å². The number of fused-ring (bicyclic) bond motifs is 1. The molecule has 6 heteroatoms. The van der Waals surface area contributed by atoms with Crippen molar-refractivity contribution in [1.29, 1.82) is 0 Å². The fraction of sp³-hybridized carbons (Fsp3) is 0.150. The third-order valence-corrected chi connectivity index (χ3v) is 6.10. The molecular formula is C20H19NO4S. The first-order chi connectivity index (χ1) is 12.3. The van der Waals surface area contributed by atoms with Crippen LogP contribution in [0.25, 0.3) is 10.8 Å². The summed E-state index contributed by atoms with van der Waals surface area (Å²) in [6, 6.07) is 17.5. The Morgan fingerprint density at radius 2 is 1.69 bits per heavy atom. The van der Waals surface area contributed by atoms with Crippen LogP contribution in [-0.2, 0) is 14.6 Å². The van der Waals surface area contributed by atoms with E-state index in [9.17, 15) is 13.2 Å². The van der Waals surface area contributed by atoms with Gasteiger partial charge in [-0.05, 0) is 36.9 Å². The van der Waals surface area contributed by atoms with Crippen molar-refractivity contribution in [3.63, 3.8) is 0 Å². The molecule has 0 fully saturated rings. The van der Waals surface area contributed by atoms with Gasteiger partial charge in [0.15, 0.2) is 0 Å². The molecule has 5 nitrogen and oxygen atoms in total. The molecule has 26 heavy (non-hydrogen) atoms. The van der Waals surface area contributed by atoms with Crippen molar-refractivity contribution in [2.75, 3.05) is 0 Å². The molecule has 134 valence electrons. The normalized spacial score (nSPS) is 12.7. The number of primary amides is 1. The Hall–Kier alpha value is -2.86. The Labute approximate surface area is 152 Å². The van der Waals surface area contributed by atoms with Crippen LogP contribution >= 0.6 is 0 Å². The van der Waals surface area contributed by atoms with Crippen molar-refractivity contribution in [1.82, 2.24) is 0 Å². The highest BCUT2D eigenvalue weighted by atomic mass is 32.2. The Kier molecular flexibility index (Phi) is 4.70. The fourth-order valence-corrected chi connectivity index (χ4v) is 4.45. The van der Waals surface area contributed by atoms with E-state index in [0.29, 0.717) is 16.7 Å². The number of carbonyl (C=O) groups excluding carboxylic acids is 1. The minimum absolute atomic E-state index is 0.0344. The molecule has 0 heterocycles. The Morgan fingerprint density at radius 3 is 2.38 bits per heavy atom.